The number of ether oxygens (including phenoxy) is 1. The second kappa shape index (κ2) is 4.85. The third-order valence-electron chi connectivity index (χ3n) is 2.65. The Bertz CT molecular complexity index is 463. The molecular weight excluding hydrogens is 232 g/mol. The molecule has 1 atom stereocenters. The van der Waals surface area contributed by atoms with E-state index in [4.69, 9.17) is 10.5 Å². The van der Waals surface area contributed by atoms with Gasteiger partial charge in [0.05, 0.1) is 12.6 Å². The molecule has 2 rings (SSSR count). The van der Waals surface area contributed by atoms with E-state index >= 15 is 0 Å². The molecule has 2 N–H and O–H groups in total. The molecule has 1 aromatic carbocycles. The van der Waals surface area contributed by atoms with E-state index in [2.05, 4.69) is 4.98 Å². The highest BCUT2D eigenvalue weighted by Gasteiger charge is 2.24. The Kier molecular flexibility index (Phi) is 3.45. The second-order valence-electron chi connectivity index (χ2n) is 4.28. The minimum absolute atomic E-state index is 0.414. The van der Waals surface area contributed by atoms with Gasteiger partial charge < -0.3 is 10.5 Å². The number of thiazole rings is 1. The highest BCUT2D eigenvalue weighted by molar-refractivity contribution is 7.09. The van der Waals surface area contributed by atoms with Crippen LogP contribution < -0.4 is 10.5 Å². The first kappa shape index (κ1) is 12.1. The summed E-state index contributed by atoms with van der Waals surface area (Å²) in [5.41, 5.74) is 7.07. The van der Waals surface area contributed by atoms with Crippen molar-refractivity contribution in [3.8, 4) is 5.75 Å². The van der Waals surface area contributed by atoms with Crippen LogP contribution >= 0.6 is 11.3 Å². The van der Waals surface area contributed by atoms with Gasteiger partial charge in [0.1, 0.15) is 10.8 Å². The van der Waals surface area contributed by atoms with Gasteiger partial charge >= 0.3 is 0 Å². The fourth-order valence-corrected chi connectivity index (χ4v) is 2.46. The first-order valence-electron chi connectivity index (χ1n) is 5.43. The zero-order chi connectivity index (χ0) is 12.3. The van der Waals surface area contributed by atoms with Crippen LogP contribution in [0.1, 0.15) is 17.5 Å². The fourth-order valence-electron chi connectivity index (χ4n) is 1.75. The first-order chi connectivity index (χ1) is 8.12. The molecule has 3 nitrogen and oxygen atoms in total. The molecule has 0 saturated carbocycles. The zero-order valence-corrected chi connectivity index (χ0v) is 10.8. The van der Waals surface area contributed by atoms with Crippen molar-refractivity contribution in [2.24, 2.45) is 5.73 Å². The number of rotatable bonds is 4. The Balaban J connectivity index is 2.14. The number of methoxy groups -OCH3 is 1. The minimum atomic E-state index is -0.414. The Morgan fingerprint density at radius 1 is 1.35 bits per heavy atom. The highest BCUT2D eigenvalue weighted by atomic mass is 32.1. The molecule has 0 bridgehead atoms. The molecule has 0 aliphatic heterocycles. The highest BCUT2D eigenvalue weighted by Crippen LogP contribution is 2.25. The fraction of sp³-hybridized carbons (Fsp3) is 0.308. The maximum atomic E-state index is 6.30. The van der Waals surface area contributed by atoms with E-state index in [1.807, 2.05) is 36.6 Å². The third-order valence-corrected chi connectivity index (χ3v) is 3.70. The smallest absolute Gasteiger partial charge is 0.118 e. The van der Waals surface area contributed by atoms with Gasteiger partial charge in [0.15, 0.2) is 0 Å². The van der Waals surface area contributed by atoms with Crippen molar-refractivity contribution >= 4 is 11.3 Å². The Morgan fingerprint density at radius 2 is 2.06 bits per heavy atom. The van der Waals surface area contributed by atoms with E-state index in [0.29, 0.717) is 0 Å². The SMILES string of the molecule is COc1ccc(CC(C)(N)c2nccs2)cc1. The molecular formula is C13H16N2OS. The van der Waals surface area contributed by atoms with Gasteiger partial charge in [-0.3, -0.25) is 0 Å². The average molecular weight is 248 g/mol. The monoisotopic (exact) mass is 248 g/mol. The van der Waals surface area contributed by atoms with Gasteiger partial charge in [0.2, 0.25) is 0 Å². The minimum Gasteiger partial charge on any atom is -0.497 e. The molecule has 1 heterocycles. The van der Waals surface area contributed by atoms with E-state index in [1.54, 1.807) is 24.6 Å². The molecule has 17 heavy (non-hydrogen) atoms. The summed E-state index contributed by atoms with van der Waals surface area (Å²) in [4.78, 5) is 4.29. The van der Waals surface area contributed by atoms with Crippen LogP contribution in [0.2, 0.25) is 0 Å². The number of nitrogens with zero attached hydrogens (tertiary/aromatic N) is 1. The normalized spacial score (nSPS) is 14.3. The van der Waals surface area contributed by atoms with Crippen LogP contribution in [0.25, 0.3) is 0 Å². The molecule has 1 unspecified atom stereocenters. The molecule has 0 fully saturated rings. The van der Waals surface area contributed by atoms with Crippen molar-refractivity contribution in [2.45, 2.75) is 18.9 Å². The molecule has 0 amide bonds. The van der Waals surface area contributed by atoms with Crippen LogP contribution in [0, 0.1) is 0 Å². The van der Waals surface area contributed by atoms with Crippen LogP contribution in [-0.4, -0.2) is 12.1 Å². The van der Waals surface area contributed by atoms with Crippen molar-refractivity contribution in [2.75, 3.05) is 7.11 Å². The molecule has 0 spiro atoms. The summed E-state index contributed by atoms with van der Waals surface area (Å²) in [6.07, 6.45) is 2.56. The average Bonchev–Trinajstić information content (AvgIpc) is 2.84. The topological polar surface area (TPSA) is 48.1 Å². The molecule has 4 heteroatoms. The summed E-state index contributed by atoms with van der Waals surface area (Å²) < 4.78 is 5.13. The van der Waals surface area contributed by atoms with Crippen LogP contribution in [0.3, 0.4) is 0 Å². The molecule has 90 valence electrons. The summed E-state index contributed by atoms with van der Waals surface area (Å²) in [7, 11) is 1.66. The molecule has 0 aliphatic carbocycles. The zero-order valence-electron chi connectivity index (χ0n) is 10.0. The lowest BCUT2D eigenvalue weighted by Gasteiger charge is -2.22. The van der Waals surface area contributed by atoms with Gasteiger partial charge in [-0.25, -0.2) is 4.98 Å². The summed E-state index contributed by atoms with van der Waals surface area (Å²) in [6.45, 7) is 2.01. The van der Waals surface area contributed by atoms with Crippen molar-refractivity contribution in [1.82, 2.24) is 4.98 Å². The molecule has 0 radical (unpaired) electrons. The number of hydrogen-bond donors (Lipinski definition) is 1. The lowest BCUT2D eigenvalue weighted by Crippen LogP contribution is -2.35. The van der Waals surface area contributed by atoms with Gasteiger partial charge in [-0.2, -0.15) is 0 Å². The van der Waals surface area contributed by atoms with Crippen molar-refractivity contribution in [3.05, 3.63) is 46.4 Å². The second-order valence-corrected chi connectivity index (χ2v) is 5.17. The molecule has 1 aromatic heterocycles. The van der Waals surface area contributed by atoms with Crippen molar-refractivity contribution in [3.63, 3.8) is 0 Å². The van der Waals surface area contributed by atoms with Gasteiger partial charge in [-0.15, -0.1) is 11.3 Å². The quantitative estimate of drug-likeness (QED) is 0.904. The van der Waals surface area contributed by atoms with Crippen LogP contribution in [0.4, 0.5) is 0 Å². The number of nitrogens with two attached hydrogens (primary N) is 1. The standard InChI is InChI=1S/C13H16N2OS/c1-13(14,12-15-7-8-17-12)9-10-3-5-11(16-2)6-4-10/h3-8H,9,14H2,1-2H3. The third kappa shape index (κ3) is 2.84. The summed E-state index contributed by atoms with van der Waals surface area (Å²) in [6, 6.07) is 7.98. The predicted molar refractivity (Wildman–Crippen MR) is 70.4 cm³/mol. The van der Waals surface area contributed by atoms with Gasteiger partial charge in [0, 0.05) is 11.6 Å². The predicted octanol–water partition coefficient (Wildman–Crippen LogP) is 2.57. The van der Waals surface area contributed by atoms with Crippen molar-refractivity contribution in [1.29, 1.82) is 0 Å². The lowest BCUT2D eigenvalue weighted by atomic mass is 9.94. The van der Waals surface area contributed by atoms with Crippen molar-refractivity contribution < 1.29 is 4.74 Å². The molecule has 0 aliphatic rings. The Morgan fingerprint density at radius 3 is 2.59 bits per heavy atom. The van der Waals surface area contributed by atoms with E-state index in [-0.39, 0.29) is 0 Å². The maximum Gasteiger partial charge on any atom is 0.118 e. The number of benzene rings is 1. The largest absolute Gasteiger partial charge is 0.497 e. The van der Waals surface area contributed by atoms with E-state index < -0.39 is 5.54 Å². The maximum absolute atomic E-state index is 6.30. The number of hydrogen-bond acceptors (Lipinski definition) is 4. The van der Waals surface area contributed by atoms with Crippen LogP contribution in [-0.2, 0) is 12.0 Å². The van der Waals surface area contributed by atoms with Gasteiger partial charge in [0.25, 0.3) is 0 Å². The first-order valence-corrected chi connectivity index (χ1v) is 6.31. The summed E-state index contributed by atoms with van der Waals surface area (Å²) in [5, 5.41) is 2.92. The Hall–Kier alpha value is -1.39. The molecule has 2 aromatic rings. The van der Waals surface area contributed by atoms with Gasteiger partial charge in [-0.1, -0.05) is 12.1 Å². The molecule has 0 saturated heterocycles. The Labute approximate surface area is 105 Å². The summed E-state index contributed by atoms with van der Waals surface area (Å²) in [5.74, 6) is 0.863. The lowest BCUT2D eigenvalue weighted by molar-refractivity contribution is 0.414. The number of aromatic nitrogens is 1. The van der Waals surface area contributed by atoms with Crippen LogP contribution in [0.5, 0.6) is 5.75 Å². The van der Waals surface area contributed by atoms with E-state index in [1.165, 1.54) is 5.56 Å². The van der Waals surface area contributed by atoms with E-state index in [9.17, 15) is 0 Å². The summed E-state index contributed by atoms with van der Waals surface area (Å²) >= 11 is 1.60. The van der Waals surface area contributed by atoms with Gasteiger partial charge in [-0.05, 0) is 31.0 Å². The van der Waals surface area contributed by atoms with E-state index in [0.717, 1.165) is 17.2 Å². The van der Waals surface area contributed by atoms with Crippen LogP contribution in [0.15, 0.2) is 35.8 Å².